The monoisotopic (exact) mass is 372 g/mol. The van der Waals surface area contributed by atoms with Gasteiger partial charge >= 0.3 is 0 Å². The second-order valence-electron chi connectivity index (χ2n) is 6.68. The minimum Gasteiger partial charge on any atom is -0.222 e. The van der Waals surface area contributed by atoms with Gasteiger partial charge in [0.05, 0.1) is 11.2 Å². The standard InChI is InChI=1S/C24H21ClN2/c1-2-17-8-6-9-18(16-17)14-15-22-23-20(19-10-4-3-5-11-19)12-7-13-21(23)26-24(25)27-22/h3-13,16H,2,14-15H2,1H3. The predicted octanol–water partition coefficient (Wildman–Crippen LogP) is 6.30. The first-order valence-electron chi connectivity index (χ1n) is 9.33. The molecule has 0 spiro atoms. The molecule has 0 unspecified atom stereocenters. The molecule has 0 aliphatic rings. The Labute approximate surface area is 164 Å². The average molecular weight is 373 g/mol. The smallest absolute Gasteiger partial charge is 0.222 e. The maximum atomic E-state index is 6.23. The number of hydrogen-bond donors (Lipinski definition) is 0. The molecule has 0 N–H and O–H groups in total. The largest absolute Gasteiger partial charge is 0.223 e. The number of benzene rings is 3. The Bertz CT molecular complexity index is 1070. The Morgan fingerprint density at radius 3 is 2.37 bits per heavy atom. The molecule has 0 saturated heterocycles. The number of aromatic nitrogens is 2. The molecule has 0 saturated carbocycles. The zero-order chi connectivity index (χ0) is 18.6. The van der Waals surface area contributed by atoms with Crippen molar-refractivity contribution in [3.63, 3.8) is 0 Å². The highest BCUT2D eigenvalue weighted by Crippen LogP contribution is 2.31. The summed E-state index contributed by atoms with van der Waals surface area (Å²) in [6, 6.07) is 25.3. The number of aryl methyl sites for hydroxylation is 3. The number of nitrogens with zero attached hydrogens (tertiary/aromatic N) is 2. The van der Waals surface area contributed by atoms with Crippen LogP contribution in [0.4, 0.5) is 0 Å². The second-order valence-corrected chi connectivity index (χ2v) is 7.02. The number of halogens is 1. The van der Waals surface area contributed by atoms with Crippen molar-refractivity contribution in [2.24, 2.45) is 0 Å². The predicted molar refractivity (Wildman–Crippen MR) is 113 cm³/mol. The Kier molecular flexibility index (Phi) is 5.17. The molecule has 27 heavy (non-hydrogen) atoms. The van der Waals surface area contributed by atoms with Crippen LogP contribution in [-0.2, 0) is 19.3 Å². The van der Waals surface area contributed by atoms with Crippen LogP contribution in [0, 0.1) is 0 Å². The maximum absolute atomic E-state index is 6.23. The van der Waals surface area contributed by atoms with Crippen LogP contribution in [0.1, 0.15) is 23.7 Å². The molecule has 2 nitrogen and oxygen atoms in total. The van der Waals surface area contributed by atoms with Gasteiger partial charge in [-0.2, -0.15) is 0 Å². The van der Waals surface area contributed by atoms with Gasteiger partial charge in [-0.3, -0.25) is 0 Å². The summed E-state index contributed by atoms with van der Waals surface area (Å²) in [6.07, 6.45) is 2.81. The first-order valence-corrected chi connectivity index (χ1v) is 9.71. The zero-order valence-electron chi connectivity index (χ0n) is 15.3. The fourth-order valence-corrected chi connectivity index (χ4v) is 3.73. The third-order valence-corrected chi connectivity index (χ3v) is 5.07. The van der Waals surface area contributed by atoms with Crippen LogP contribution in [0.2, 0.25) is 5.28 Å². The van der Waals surface area contributed by atoms with Crippen molar-refractivity contribution in [3.05, 3.63) is 94.9 Å². The Hall–Kier alpha value is -2.71. The normalized spacial score (nSPS) is 11.0. The van der Waals surface area contributed by atoms with Gasteiger partial charge in [0.1, 0.15) is 0 Å². The topological polar surface area (TPSA) is 25.8 Å². The second kappa shape index (κ2) is 7.89. The highest BCUT2D eigenvalue weighted by molar-refractivity contribution is 6.28. The summed E-state index contributed by atoms with van der Waals surface area (Å²) in [5, 5.41) is 1.41. The molecule has 1 heterocycles. The van der Waals surface area contributed by atoms with E-state index >= 15 is 0 Å². The van der Waals surface area contributed by atoms with Crippen molar-refractivity contribution in [2.75, 3.05) is 0 Å². The molecule has 4 aromatic rings. The van der Waals surface area contributed by atoms with E-state index in [1.54, 1.807) is 0 Å². The molecule has 4 rings (SSSR count). The summed E-state index contributed by atoms with van der Waals surface area (Å²) in [7, 11) is 0. The minimum atomic E-state index is 0.310. The lowest BCUT2D eigenvalue weighted by Crippen LogP contribution is -2.00. The van der Waals surface area contributed by atoms with Gasteiger partial charge in [-0.15, -0.1) is 0 Å². The van der Waals surface area contributed by atoms with E-state index < -0.39 is 0 Å². The van der Waals surface area contributed by atoms with Crippen LogP contribution in [0.25, 0.3) is 22.0 Å². The maximum Gasteiger partial charge on any atom is 0.223 e. The molecule has 0 bridgehead atoms. The van der Waals surface area contributed by atoms with Gasteiger partial charge in [0, 0.05) is 5.39 Å². The van der Waals surface area contributed by atoms with Crippen molar-refractivity contribution in [3.8, 4) is 11.1 Å². The van der Waals surface area contributed by atoms with Crippen LogP contribution in [0.15, 0.2) is 72.8 Å². The van der Waals surface area contributed by atoms with E-state index in [2.05, 4.69) is 71.5 Å². The van der Waals surface area contributed by atoms with Crippen LogP contribution in [-0.4, -0.2) is 9.97 Å². The van der Waals surface area contributed by atoms with E-state index in [1.807, 2.05) is 18.2 Å². The van der Waals surface area contributed by atoms with Gasteiger partial charge < -0.3 is 0 Å². The van der Waals surface area contributed by atoms with E-state index in [-0.39, 0.29) is 0 Å². The summed E-state index contributed by atoms with van der Waals surface area (Å²) in [4.78, 5) is 9.06. The van der Waals surface area contributed by atoms with Crippen molar-refractivity contribution in [1.29, 1.82) is 0 Å². The first kappa shape index (κ1) is 17.7. The Morgan fingerprint density at radius 2 is 1.56 bits per heavy atom. The lowest BCUT2D eigenvalue weighted by Gasteiger charge is -2.12. The molecular weight excluding hydrogens is 352 g/mol. The van der Waals surface area contributed by atoms with Gasteiger partial charge in [0.15, 0.2) is 0 Å². The summed E-state index contributed by atoms with van der Waals surface area (Å²) >= 11 is 6.23. The molecule has 0 atom stereocenters. The summed E-state index contributed by atoms with van der Waals surface area (Å²) in [5.74, 6) is 0. The molecule has 1 aromatic heterocycles. The van der Waals surface area contributed by atoms with Gasteiger partial charge in [-0.05, 0) is 59.2 Å². The van der Waals surface area contributed by atoms with Crippen LogP contribution in [0.5, 0.6) is 0 Å². The molecule has 0 radical (unpaired) electrons. The quantitative estimate of drug-likeness (QED) is 0.384. The lowest BCUT2D eigenvalue weighted by molar-refractivity contribution is 0.914. The fourth-order valence-electron chi connectivity index (χ4n) is 3.54. The van der Waals surface area contributed by atoms with E-state index in [0.717, 1.165) is 41.4 Å². The van der Waals surface area contributed by atoms with Crippen molar-refractivity contribution in [2.45, 2.75) is 26.2 Å². The molecule has 0 fully saturated rings. The fraction of sp³-hybridized carbons (Fsp3) is 0.167. The third kappa shape index (κ3) is 3.86. The molecule has 134 valence electrons. The lowest BCUT2D eigenvalue weighted by atomic mass is 9.96. The van der Waals surface area contributed by atoms with Crippen molar-refractivity contribution in [1.82, 2.24) is 9.97 Å². The van der Waals surface area contributed by atoms with Gasteiger partial charge in [0.2, 0.25) is 5.28 Å². The Morgan fingerprint density at radius 1 is 0.778 bits per heavy atom. The van der Waals surface area contributed by atoms with Gasteiger partial charge in [-0.25, -0.2) is 9.97 Å². The van der Waals surface area contributed by atoms with E-state index in [0.29, 0.717) is 5.28 Å². The molecule has 3 heteroatoms. The summed E-state index contributed by atoms with van der Waals surface area (Å²) in [6.45, 7) is 2.18. The summed E-state index contributed by atoms with van der Waals surface area (Å²) < 4.78 is 0. The zero-order valence-corrected chi connectivity index (χ0v) is 16.1. The highest BCUT2D eigenvalue weighted by Gasteiger charge is 2.12. The average Bonchev–Trinajstić information content (AvgIpc) is 2.72. The van der Waals surface area contributed by atoms with E-state index in [4.69, 9.17) is 11.6 Å². The van der Waals surface area contributed by atoms with Crippen molar-refractivity contribution < 1.29 is 0 Å². The van der Waals surface area contributed by atoms with E-state index in [9.17, 15) is 0 Å². The molecule has 0 aliphatic carbocycles. The highest BCUT2D eigenvalue weighted by atomic mass is 35.5. The number of hydrogen-bond acceptors (Lipinski definition) is 2. The van der Waals surface area contributed by atoms with Crippen LogP contribution >= 0.6 is 11.6 Å². The third-order valence-electron chi connectivity index (χ3n) is 4.91. The molecule has 0 aliphatic heterocycles. The molecular formula is C24H21ClN2. The molecule has 3 aromatic carbocycles. The van der Waals surface area contributed by atoms with Gasteiger partial charge in [0.25, 0.3) is 0 Å². The molecule has 0 amide bonds. The number of fused-ring (bicyclic) bond motifs is 1. The van der Waals surface area contributed by atoms with E-state index in [1.165, 1.54) is 16.7 Å². The van der Waals surface area contributed by atoms with Crippen LogP contribution < -0.4 is 0 Å². The minimum absolute atomic E-state index is 0.310. The van der Waals surface area contributed by atoms with Crippen molar-refractivity contribution >= 4 is 22.5 Å². The van der Waals surface area contributed by atoms with Gasteiger partial charge in [-0.1, -0.05) is 73.7 Å². The SMILES string of the molecule is CCc1cccc(CCc2nc(Cl)nc3cccc(-c4ccccc4)c23)c1. The number of rotatable bonds is 5. The summed E-state index contributed by atoms with van der Waals surface area (Å²) in [5.41, 5.74) is 6.92. The first-order chi connectivity index (χ1) is 13.2. The Balaban J connectivity index is 1.77. The van der Waals surface area contributed by atoms with Crippen LogP contribution in [0.3, 0.4) is 0 Å².